The van der Waals surface area contributed by atoms with Crippen LogP contribution in [0.15, 0.2) is 24.3 Å². The summed E-state index contributed by atoms with van der Waals surface area (Å²) >= 11 is 1.60. The van der Waals surface area contributed by atoms with Crippen LogP contribution < -0.4 is 4.90 Å². The van der Waals surface area contributed by atoms with E-state index >= 15 is 0 Å². The highest BCUT2D eigenvalue weighted by atomic mass is 32.1. The molecule has 7 rings (SSSR count). The molecule has 4 atom stereocenters. The highest BCUT2D eigenvalue weighted by molar-refractivity contribution is 7.40. The van der Waals surface area contributed by atoms with Crippen molar-refractivity contribution in [2.24, 2.45) is 11.8 Å². The molecule has 6 nitrogen and oxygen atoms in total. The number of fused-ring (bicyclic) bond motifs is 6. The van der Waals surface area contributed by atoms with Gasteiger partial charge in [0.1, 0.15) is 5.82 Å². The average Bonchev–Trinajstić information content (AvgIpc) is 3.66. The number of hydrogen-bond donors (Lipinski definition) is 2. The minimum atomic E-state index is 0.380. The number of benzene rings is 1. The lowest BCUT2D eigenvalue weighted by Gasteiger charge is -2.40. The molecule has 2 N–H and O–H groups in total. The van der Waals surface area contributed by atoms with Crippen molar-refractivity contribution in [2.75, 3.05) is 37.6 Å². The maximum atomic E-state index is 11.1. The van der Waals surface area contributed by atoms with Crippen LogP contribution in [-0.4, -0.2) is 56.8 Å². The summed E-state index contributed by atoms with van der Waals surface area (Å²) in [5.74, 6) is 3.07. The van der Waals surface area contributed by atoms with Gasteiger partial charge in [0, 0.05) is 67.1 Å². The van der Waals surface area contributed by atoms with E-state index in [4.69, 9.17) is 4.37 Å². The summed E-state index contributed by atoms with van der Waals surface area (Å²) in [6.07, 6.45) is 7.39. The molecule has 4 aliphatic rings. The van der Waals surface area contributed by atoms with Gasteiger partial charge in [-0.15, -0.1) is 8.58 Å². The molecule has 2 aromatic heterocycles. The van der Waals surface area contributed by atoms with E-state index in [1.54, 1.807) is 11.5 Å². The molecule has 5 heterocycles. The summed E-state index contributed by atoms with van der Waals surface area (Å²) in [7, 11) is 0.860. The van der Waals surface area contributed by atoms with Gasteiger partial charge in [0.05, 0.1) is 4.70 Å². The lowest BCUT2D eigenvalue weighted by Crippen LogP contribution is -2.49. The van der Waals surface area contributed by atoms with Crippen LogP contribution >= 0.6 is 20.1 Å². The molecule has 0 spiro atoms. The Morgan fingerprint density at radius 1 is 0.857 bits per heavy atom. The van der Waals surface area contributed by atoms with Crippen molar-refractivity contribution in [3.05, 3.63) is 35.4 Å². The molecule has 1 saturated carbocycles. The highest BCUT2D eigenvalue weighted by Gasteiger charge is 2.44. The number of anilines is 1. The van der Waals surface area contributed by atoms with Gasteiger partial charge in [-0.05, 0) is 61.2 Å². The minimum Gasteiger partial charge on any atom is -0.494 e. The summed E-state index contributed by atoms with van der Waals surface area (Å²) in [5.41, 5.74) is 3.18. The quantitative estimate of drug-likeness (QED) is 0.431. The Balaban J connectivity index is 1.02. The summed E-state index contributed by atoms with van der Waals surface area (Å²) in [4.78, 5) is 5.10. The first-order chi connectivity index (χ1) is 17.2. The fourth-order valence-electron chi connectivity index (χ4n) is 7.26. The molecule has 186 valence electrons. The Morgan fingerprint density at radius 3 is 2.23 bits per heavy atom. The monoisotopic (exact) mass is 510 g/mol. The summed E-state index contributed by atoms with van der Waals surface area (Å²) in [6, 6.07) is 8.56. The minimum absolute atomic E-state index is 0.380. The third kappa shape index (κ3) is 3.77. The van der Waals surface area contributed by atoms with Crippen LogP contribution in [0.1, 0.15) is 61.0 Å². The predicted molar refractivity (Wildman–Crippen MR) is 145 cm³/mol. The number of aromatic hydroxyl groups is 2. The molecule has 1 aliphatic carbocycles. The van der Waals surface area contributed by atoms with Crippen LogP contribution in [0.4, 0.5) is 5.82 Å². The lowest BCUT2D eigenvalue weighted by atomic mass is 9.78. The molecule has 2 saturated heterocycles. The third-order valence-corrected chi connectivity index (χ3v) is 11.9. The predicted octanol–water partition coefficient (Wildman–Crippen LogP) is 5.71. The number of aromatic nitrogens is 2. The fourth-order valence-corrected chi connectivity index (χ4v) is 10.1. The lowest BCUT2D eigenvalue weighted by molar-refractivity contribution is 0.130. The Hall–Kier alpha value is -1.82. The Morgan fingerprint density at radius 2 is 1.51 bits per heavy atom. The zero-order valence-electron chi connectivity index (χ0n) is 20.2. The maximum Gasteiger partial charge on any atom is 0.198 e. The Bertz CT molecular complexity index is 1200. The van der Waals surface area contributed by atoms with Gasteiger partial charge in [-0.25, -0.2) is 0 Å². The normalized spacial score (nSPS) is 29.4. The molecule has 1 aromatic carbocycles. The van der Waals surface area contributed by atoms with E-state index in [0.717, 1.165) is 64.8 Å². The molecule has 0 amide bonds. The SMILES string of the molecule is Oc1c2c(c(O)n1CC1CCCCC1CN1CCN(c3nsc4ccccc34)CC1)C1CCC2P1. The van der Waals surface area contributed by atoms with Crippen LogP contribution in [0, 0.1) is 11.8 Å². The van der Waals surface area contributed by atoms with Gasteiger partial charge in [0.25, 0.3) is 0 Å². The number of rotatable bonds is 5. The standard InChI is InChI=1S/C27H35N4O2PS/c32-26-23-20-9-10-21(34-20)24(23)27(33)31(26)16-18-6-2-1-5-17(18)15-29-11-13-30(14-12-29)25-19-7-3-4-8-22(19)35-28-25/h3-4,7-8,17-18,20-21,32-34H,1-2,5-6,9-16H2. The molecule has 2 bridgehead atoms. The fraction of sp³-hybridized carbons (Fsp3) is 0.593. The van der Waals surface area contributed by atoms with Gasteiger partial charge in [-0.2, -0.15) is 4.37 Å². The van der Waals surface area contributed by atoms with E-state index in [1.165, 1.54) is 48.6 Å². The van der Waals surface area contributed by atoms with Gasteiger partial charge in [-0.3, -0.25) is 9.47 Å². The second-order valence-electron chi connectivity index (χ2n) is 11.0. The van der Waals surface area contributed by atoms with Crippen LogP contribution in [0.25, 0.3) is 10.1 Å². The zero-order valence-corrected chi connectivity index (χ0v) is 22.0. The summed E-state index contributed by atoms with van der Waals surface area (Å²) < 4.78 is 7.92. The van der Waals surface area contributed by atoms with Gasteiger partial charge in [0.2, 0.25) is 0 Å². The number of hydrogen-bond acceptors (Lipinski definition) is 6. The average molecular weight is 511 g/mol. The van der Waals surface area contributed by atoms with E-state index < -0.39 is 0 Å². The van der Waals surface area contributed by atoms with Crippen LogP contribution in [0.5, 0.6) is 11.8 Å². The van der Waals surface area contributed by atoms with Crippen molar-refractivity contribution < 1.29 is 10.2 Å². The maximum absolute atomic E-state index is 11.1. The van der Waals surface area contributed by atoms with Crippen molar-refractivity contribution in [1.29, 1.82) is 0 Å². The molecule has 4 unspecified atom stereocenters. The molecule has 35 heavy (non-hydrogen) atoms. The molecular formula is C27H35N4O2PS. The summed E-state index contributed by atoms with van der Waals surface area (Å²) in [6.45, 7) is 6.11. The van der Waals surface area contributed by atoms with Crippen molar-refractivity contribution in [3.8, 4) is 11.8 Å². The van der Waals surface area contributed by atoms with Crippen molar-refractivity contribution in [3.63, 3.8) is 0 Å². The van der Waals surface area contributed by atoms with Crippen molar-refractivity contribution in [2.45, 2.75) is 56.4 Å². The second kappa shape index (κ2) is 8.93. The van der Waals surface area contributed by atoms with Crippen molar-refractivity contribution in [1.82, 2.24) is 13.8 Å². The number of nitrogens with zero attached hydrogens (tertiary/aromatic N) is 4. The molecule has 0 radical (unpaired) electrons. The zero-order chi connectivity index (χ0) is 23.5. The van der Waals surface area contributed by atoms with E-state index in [1.807, 2.05) is 4.57 Å². The number of piperazine rings is 1. The van der Waals surface area contributed by atoms with Gasteiger partial charge >= 0.3 is 0 Å². The van der Waals surface area contributed by atoms with Gasteiger partial charge in [0.15, 0.2) is 11.8 Å². The topological polar surface area (TPSA) is 64.8 Å². The van der Waals surface area contributed by atoms with E-state index in [9.17, 15) is 10.2 Å². The van der Waals surface area contributed by atoms with Crippen LogP contribution in [-0.2, 0) is 6.54 Å². The largest absolute Gasteiger partial charge is 0.494 e. The van der Waals surface area contributed by atoms with E-state index in [-0.39, 0.29) is 0 Å². The smallest absolute Gasteiger partial charge is 0.198 e. The Kier molecular flexibility index (Phi) is 5.71. The molecule has 3 fully saturated rings. The van der Waals surface area contributed by atoms with Gasteiger partial charge < -0.3 is 15.1 Å². The Labute approximate surface area is 212 Å². The van der Waals surface area contributed by atoms with Crippen LogP contribution in [0.3, 0.4) is 0 Å². The second-order valence-corrected chi connectivity index (χ2v) is 13.6. The third-order valence-electron chi connectivity index (χ3n) is 9.13. The van der Waals surface area contributed by atoms with Crippen LogP contribution in [0.2, 0.25) is 0 Å². The molecule has 8 heteroatoms. The molecule has 3 aliphatic heterocycles. The van der Waals surface area contributed by atoms with Crippen molar-refractivity contribution >= 4 is 36.0 Å². The molecular weight excluding hydrogens is 475 g/mol. The first kappa shape index (κ1) is 22.4. The van der Waals surface area contributed by atoms with E-state index in [2.05, 4.69) is 34.1 Å². The van der Waals surface area contributed by atoms with E-state index in [0.29, 0.717) is 34.9 Å². The molecule has 3 aromatic rings. The summed E-state index contributed by atoms with van der Waals surface area (Å²) in [5, 5.41) is 23.4. The highest BCUT2D eigenvalue weighted by Crippen LogP contribution is 2.70. The van der Waals surface area contributed by atoms with Gasteiger partial charge in [-0.1, -0.05) is 25.0 Å². The first-order valence-electron chi connectivity index (χ1n) is 13.4. The first-order valence-corrected chi connectivity index (χ1v) is 15.3.